The summed E-state index contributed by atoms with van der Waals surface area (Å²) in [4.78, 5) is 30.5. The SMILES string of the molecule is CCC(CC[C@H](N)Cc1cc(F)c(F)cc1F)N(CC)C(=O)CNC(=O)c1cncn1C. The number of hydrogen-bond acceptors (Lipinski definition) is 4. The largest absolute Gasteiger partial charge is 0.342 e. The van der Waals surface area contributed by atoms with Gasteiger partial charge >= 0.3 is 0 Å². The van der Waals surface area contributed by atoms with Gasteiger partial charge in [-0.15, -0.1) is 0 Å². The molecule has 0 radical (unpaired) electrons. The summed E-state index contributed by atoms with van der Waals surface area (Å²) in [6.07, 6.45) is 4.66. The van der Waals surface area contributed by atoms with Crippen molar-refractivity contribution in [3.8, 4) is 0 Å². The van der Waals surface area contributed by atoms with Gasteiger partial charge in [-0.3, -0.25) is 9.59 Å². The molecule has 3 N–H and O–H groups in total. The normalized spacial score (nSPS) is 13.0. The van der Waals surface area contributed by atoms with Gasteiger partial charge in [-0.05, 0) is 44.2 Å². The molecule has 0 spiro atoms. The van der Waals surface area contributed by atoms with Gasteiger partial charge < -0.3 is 20.5 Å². The molecule has 1 heterocycles. The summed E-state index contributed by atoms with van der Waals surface area (Å²) in [5.41, 5.74) is 6.47. The number of nitrogens with one attached hydrogen (secondary N) is 1. The van der Waals surface area contributed by atoms with Gasteiger partial charge in [0, 0.05) is 31.7 Å². The number of aromatic nitrogens is 2. The van der Waals surface area contributed by atoms with Crippen LogP contribution < -0.4 is 11.1 Å². The second-order valence-electron chi connectivity index (χ2n) is 7.71. The van der Waals surface area contributed by atoms with Crippen LogP contribution in [0, 0.1) is 17.5 Å². The number of benzene rings is 1. The molecule has 176 valence electrons. The summed E-state index contributed by atoms with van der Waals surface area (Å²) in [6.45, 7) is 4.09. The highest BCUT2D eigenvalue weighted by Gasteiger charge is 2.23. The zero-order chi connectivity index (χ0) is 23.8. The van der Waals surface area contributed by atoms with Crippen molar-refractivity contribution >= 4 is 11.8 Å². The highest BCUT2D eigenvalue weighted by Crippen LogP contribution is 2.18. The number of hydrogen-bond donors (Lipinski definition) is 2. The molecule has 0 fully saturated rings. The van der Waals surface area contributed by atoms with Gasteiger partial charge in [0.2, 0.25) is 5.91 Å². The maximum Gasteiger partial charge on any atom is 0.269 e. The standard InChI is InChI=1S/C22H30F3N5O2/c1-4-16(7-6-15(26)8-14-9-18(24)19(25)10-17(14)23)30(5-2)21(31)12-28-22(32)20-11-27-13-29(20)3/h9-11,13,15-16H,4-8,12,26H2,1-3H3,(H,28,32)/t15-,16?/m0/s1. The Bertz CT molecular complexity index is 934. The van der Waals surface area contributed by atoms with Crippen LogP contribution >= 0.6 is 0 Å². The first-order chi connectivity index (χ1) is 15.2. The average molecular weight is 454 g/mol. The molecule has 0 bridgehead atoms. The molecule has 2 atom stereocenters. The first-order valence-corrected chi connectivity index (χ1v) is 10.6. The molecule has 0 saturated heterocycles. The number of likely N-dealkylation sites (N-methyl/N-ethyl adjacent to an activating group) is 1. The van der Waals surface area contributed by atoms with E-state index in [1.165, 1.54) is 12.5 Å². The number of amides is 2. The summed E-state index contributed by atoms with van der Waals surface area (Å²) in [6, 6.07) is 0.738. The number of carbonyl (C=O) groups excluding carboxylic acids is 2. The topological polar surface area (TPSA) is 93.2 Å². The van der Waals surface area contributed by atoms with E-state index in [9.17, 15) is 22.8 Å². The van der Waals surface area contributed by atoms with Crippen LogP contribution in [0.5, 0.6) is 0 Å². The monoisotopic (exact) mass is 453 g/mol. The Kier molecular flexibility index (Phi) is 9.25. The Morgan fingerprint density at radius 3 is 2.44 bits per heavy atom. The zero-order valence-corrected chi connectivity index (χ0v) is 18.6. The van der Waals surface area contributed by atoms with Crippen molar-refractivity contribution in [1.82, 2.24) is 19.8 Å². The van der Waals surface area contributed by atoms with Crippen LogP contribution in [-0.2, 0) is 18.3 Å². The lowest BCUT2D eigenvalue weighted by atomic mass is 9.97. The smallest absolute Gasteiger partial charge is 0.269 e. The van der Waals surface area contributed by atoms with Gasteiger partial charge in [0.15, 0.2) is 11.6 Å². The lowest BCUT2D eigenvalue weighted by Gasteiger charge is -2.31. The van der Waals surface area contributed by atoms with Crippen LogP contribution in [0.2, 0.25) is 0 Å². The van der Waals surface area contributed by atoms with E-state index in [0.717, 1.165) is 6.07 Å². The van der Waals surface area contributed by atoms with Crippen molar-refractivity contribution in [2.24, 2.45) is 12.8 Å². The van der Waals surface area contributed by atoms with E-state index in [1.807, 2.05) is 13.8 Å². The minimum absolute atomic E-state index is 0.0192. The van der Waals surface area contributed by atoms with Gasteiger partial charge in [-0.2, -0.15) is 0 Å². The zero-order valence-electron chi connectivity index (χ0n) is 18.6. The molecule has 0 saturated carbocycles. The molecular weight excluding hydrogens is 423 g/mol. The third kappa shape index (κ3) is 6.56. The molecule has 2 rings (SSSR count). The van der Waals surface area contributed by atoms with Crippen molar-refractivity contribution in [3.63, 3.8) is 0 Å². The predicted molar refractivity (Wildman–Crippen MR) is 114 cm³/mol. The second kappa shape index (κ2) is 11.7. The minimum Gasteiger partial charge on any atom is -0.342 e. The molecule has 10 heteroatoms. The lowest BCUT2D eigenvalue weighted by molar-refractivity contribution is -0.132. The number of imidazole rings is 1. The molecule has 1 aromatic carbocycles. The number of carbonyl (C=O) groups is 2. The van der Waals surface area contributed by atoms with Crippen LogP contribution in [0.4, 0.5) is 13.2 Å². The summed E-state index contributed by atoms with van der Waals surface area (Å²) in [7, 11) is 1.69. The summed E-state index contributed by atoms with van der Waals surface area (Å²) < 4.78 is 41.9. The second-order valence-corrected chi connectivity index (χ2v) is 7.71. The summed E-state index contributed by atoms with van der Waals surface area (Å²) >= 11 is 0. The van der Waals surface area contributed by atoms with E-state index >= 15 is 0 Å². The maximum absolute atomic E-state index is 13.9. The summed E-state index contributed by atoms with van der Waals surface area (Å²) in [5, 5.41) is 2.61. The Hall–Kier alpha value is -2.88. The number of nitrogens with zero attached hydrogens (tertiary/aromatic N) is 3. The number of rotatable bonds is 11. The van der Waals surface area contributed by atoms with Crippen LogP contribution in [0.25, 0.3) is 0 Å². The maximum atomic E-state index is 13.9. The fourth-order valence-electron chi connectivity index (χ4n) is 3.65. The van der Waals surface area contributed by atoms with E-state index in [0.29, 0.717) is 37.6 Å². The van der Waals surface area contributed by atoms with Crippen LogP contribution in [0.1, 0.15) is 49.2 Å². The first kappa shape index (κ1) is 25.4. The van der Waals surface area contributed by atoms with Crippen LogP contribution in [0.15, 0.2) is 24.7 Å². The molecule has 2 aromatic rings. The lowest BCUT2D eigenvalue weighted by Crippen LogP contribution is -2.46. The van der Waals surface area contributed by atoms with Gasteiger partial charge in [0.1, 0.15) is 11.5 Å². The fourth-order valence-corrected chi connectivity index (χ4v) is 3.65. The van der Waals surface area contributed by atoms with Crippen molar-refractivity contribution in [3.05, 3.63) is 53.4 Å². The highest BCUT2D eigenvalue weighted by atomic mass is 19.2. The van der Waals surface area contributed by atoms with E-state index in [2.05, 4.69) is 10.3 Å². The third-order valence-electron chi connectivity index (χ3n) is 5.46. The Morgan fingerprint density at radius 1 is 1.16 bits per heavy atom. The molecular formula is C22H30F3N5O2. The molecule has 7 nitrogen and oxygen atoms in total. The minimum atomic E-state index is -1.24. The Morgan fingerprint density at radius 2 is 1.84 bits per heavy atom. The molecule has 1 unspecified atom stereocenters. The Labute approximate surface area is 185 Å². The highest BCUT2D eigenvalue weighted by molar-refractivity contribution is 5.94. The van der Waals surface area contributed by atoms with Crippen molar-refractivity contribution in [2.45, 2.75) is 51.6 Å². The van der Waals surface area contributed by atoms with Crippen molar-refractivity contribution in [1.29, 1.82) is 0 Å². The number of aryl methyl sites for hydroxylation is 1. The third-order valence-corrected chi connectivity index (χ3v) is 5.46. The van der Waals surface area contributed by atoms with Gasteiger partial charge in [-0.1, -0.05) is 6.92 Å². The molecule has 0 aliphatic heterocycles. The van der Waals surface area contributed by atoms with Crippen molar-refractivity contribution < 1.29 is 22.8 Å². The van der Waals surface area contributed by atoms with Gasteiger partial charge in [0.05, 0.1) is 19.1 Å². The quantitative estimate of drug-likeness (QED) is 0.512. The van der Waals surface area contributed by atoms with E-state index in [-0.39, 0.29) is 30.5 Å². The number of halogens is 3. The molecule has 2 amide bonds. The molecule has 1 aromatic heterocycles. The van der Waals surface area contributed by atoms with E-state index in [4.69, 9.17) is 5.73 Å². The average Bonchev–Trinajstić information content (AvgIpc) is 3.18. The van der Waals surface area contributed by atoms with E-state index in [1.54, 1.807) is 16.5 Å². The van der Waals surface area contributed by atoms with Gasteiger partial charge in [-0.25, -0.2) is 18.2 Å². The molecule has 32 heavy (non-hydrogen) atoms. The fraction of sp³-hybridized carbons (Fsp3) is 0.500. The predicted octanol–water partition coefficient (Wildman–Crippen LogP) is 2.54. The summed E-state index contributed by atoms with van der Waals surface area (Å²) in [5.74, 6) is -3.80. The van der Waals surface area contributed by atoms with Crippen molar-refractivity contribution in [2.75, 3.05) is 13.1 Å². The van der Waals surface area contributed by atoms with E-state index < -0.39 is 29.4 Å². The van der Waals surface area contributed by atoms with Gasteiger partial charge in [0.25, 0.3) is 5.91 Å². The van der Waals surface area contributed by atoms with Crippen LogP contribution in [-0.4, -0.2) is 51.4 Å². The molecule has 0 aliphatic rings. The molecule has 0 aliphatic carbocycles. The van der Waals surface area contributed by atoms with Crippen LogP contribution in [0.3, 0.4) is 0 Å². The first-order valence-electron chi connectivity index (χ1n) is 10.6. The Balaban J connectivity index is 1.91. The number of nitrogens with two attached hydrogens (primary N) is 1.